The predicted molar refractivity (Wildman–Crippen MR) is 118 cm³/mol. The number of benzene rings is 1. The van der Waals surface area contributed by atoms with Gasteiger partial charge in [0.15, 0.2) is 5.96 Å². The summed E-state index contributed by atoms with van der Waals surface area (Å²) in [6.07, 6.45) is 5.80. The van der Waals surface area contributed by atoms with E-state index in [1.807, 2.05) is 24.0 Å². The number of nitrogens with zero attached hydrogens (tertiary/aromatic N) is 4. The van der Waals surface area contributed by atoms with Crippen molar-refractivity contribution in [3.05, 3.63) is 48.3 Å². The Hall–Kier alpha value is -2.34. The number of aliphatic imine (C=N–C) groups is 1. The third kappa shape index (κ3) is 7.00. The fourth-order valence-corrected chi connectivity index (χ4v) is 3.36. The molecule has 6 heteroatoms. The molecule has 0 saturated carbocycles. The third-order valence-corrected chi connectivity index (χ3v) is 4.85. The molecule has 1 heterocycles. The first kappa shape index (κ1) is 22.0. The zero-order valence-corrected chi connectivity index (χ0v) is 18.0. The van der Waals surface area contributed by atoms with Gasteiger partial charge in [0.25, 0.3) is 0 Å². The molecule has 0 aliphatic rings. The van der Waals surface area contributed by atoms with Crippen molar-refractivity contribution < 1.29 is 0 Å². The minimum absolute atomic E-state index is 0.581. The van der Waals surface area contributed by atoms with Crippen molar-refractivity contribution in [1.82, 2.24) is 25.3 Å². The first-order valence-electron chi connectivity index (χ1n) is 10.3. The van der Waals surface area contributed by atoms with Gasteiger partial charge in [-0.2, -0.15) is 5.10 Å². The molecule has 1 aromatic carbocycles. The summed E-state index contributed by atoms with van der Waals surface area (Å²) < 4.78 is 1.87. The van der Waals surface area contributed by atoms with Crippen molar-refractivity contribution in [1.29, 1.82) is 0 Å². The van der Waals surface area contributed by atoms with Crippen LogP contribution in [0.2, 0.25) is 0 Å². The minimum atomic E-state index is 0.581. The molecular weight excluding hydrogens is 348 g/mol. The van der Waals surface area contributed by atoms with Crippen molar-refractivity contribution in [2.75, 3.05) is 26.7 Å². The quantitative estimate of drug-likeness (QED) is 0.375. The maximum Gasteiger partial charge on any atom is 0.190 e. The average molecular weight is 385 g/mol. The lowest BCUT2D eigenvalue weighted by atomic mass is 10.1. The van der Waals surface area contributed by atoms with Crippen molar-refractivity contribution in [2.45, 2.75) is 52.6 Å². The Morgan fingerprint density at radius 3 is 2.32 bits per heavy atom. The Bertz CT molecular complexity index is 680. The highest BCUT2D eigenvalue weighted by atomic mass is 15.3. The van der Waals surface area contributed by atoms with Gasteiger partial charge in [0.05, 0.1) is 5.69 Å². The normalized spacial score (nSPS) is 12.2. The second kappa shape index (κ2) is 11.5. The van der Waals surface area contributed by atoms with Crippen LogP contribution in [-0.2, 0) is 6.42 Å². The Morgan fingerprint density at radius 2 is 1.75 bits per heavy atom. The number of hydrogen-bond acceptors (Lipinski definition) is 3. The summed E-state index contributed by atoms with van der Waals surface area (Å²) in [7, 11) is 1.82. The van der Waals surface area contributed by atoms with Gasteiger partial charge in [0.2, 0.25) is 0 Å². The Morgan fingerprint density at radius 1 is 1.07 bits per heavy atom. The van der Waals surface area contributed by atoms with Gasteiger partial charge in [0.1, 0.15) is 0 Å². The zero-order chi connectivity index (χ0) is 20.4. The van der Waals surface area contributed by atoms with Gasteiger partial charge in [0, 0.05) is 51.2 Å². The van der Waals surface area contributed by atoms with E-state index in [9.17, 15) is 0 Å². The van der Waals surface area contributed by atoms with E-state index < -0.39 is 0 Å². The summed E-state index contributed by atoms with van der Waals surface area (Å²) in [5, 5.41) is 11.1. The number of guanidine groups is 1. The Kier molecular flexibility index (Phi) is 9.01. The fraction of sp³-hybridized carbons (Fsp3) is 0.545. The van der Waals surface area contributed by atoms with Crippen LogP contribution in [-0.4, -0.2) is 59.4 Å². The molecule has 28 heavy (non-hydrogen) atoms. The van der Waals surface area contributed by atoms with E-state index in [2.05, 4.69) is 77.6 Å². The largest absolute Gasteiger partial charge is 0.356 e. The summed E-state index contributed by atoms with van der Waals surface area (Å²) in [5.74, 6) is 0.869. The summed E-state index contributed by atoms with van der Waals surface area (Å²) in [5.41, 5.74) is 2.37. The zero-order valence-electron chi connectivity index (χ0n) is 18.0. The first-order valence-corrected chi connectivity index (χ1v) is 10.3. The van der Waals surface area contributed by atoms with Crippen LogP contribution in [0.4, 0.5) is 0 Å². The van der Waals surface area contributed by atoms with Gasteiger partial charge >= 0.3 is 0 Å². The average Bonchev–Trinajstić information content (AvgIpc) is 3.21. The molecule has 2 aromatic rings. The molecule has 1 aromatic heterocycles. The molecule has 0 aliphatic carbocycles. The molecule has 0 atom stereocenters. The smallest absolute Gasteiger partial charge is 0.190 e. The molecule has 2 rings (SSSR count). The first-order chi connectivity index (χ1) is 13.5. The molecule has 0 spiro atoms. The lowest BCUT2D eigenvalue weighted by molar-refractivity contribution is 0.173. The van der Waals surface area contributed by atoms with E-state index in [1.54, 1.807) is 6.20 Å². The van der Waals surface area contributed by atoms with Gasteiger partial charge in [-0.3, -0.25) is 9.89 Å². The van der Waals surface area contributed by atoms with Crippen LogP contribution in [0.1, 0.15) is 39.7 Å². The summed E-state index contributed by atoms with van der Waals surface area (Å²) in [4.78, 5) is 6.84. The monoisotopic (exact) mass is 384 g/mol. The van der Waals surface area contributed by atoms with Crippen LogP contribution >= 0.6 is 0 Å². The highest BCUT2D eigenvalue weighted by Crippen LogP contribution is 2.09. The lowest BCUT2D eigenvalue weighted by Crippen LogP contribution is -2.41. The molecule has 2 N–H and O–H groups in total. The molecule has 0 unspecified atom stereocenters. The lowest BCUT2D eigenvalue weighted by Gasteiger charge is -2.30. The van der Waals surface area contributed by atoms with E-state index in [0.29, 0.717) is 12.1 Å². The predicted octanol–water partition coefficient (Wildman–Crippen LogP) is 3.09. The van der Waals surface area contributed by atoms with E-state index in [-0.39, 0.29) is 0 Å². The van der Waals surface area contributed by atoms with Gasteiger partial charge in [-0.05, 0) is 64.3 Å². The molecule has 0 saturated heterocycles. The SMILES string of the molecule is CN=C(NCCCN(C(C)C)C(C)C)NCCc1ccc(-n2cccn2)cc1. The van der Waals surface area contributed by atoms with Crippen molar-refractivity contribution in [3.63, 3.8) is 0 Å². The molecule has 0 aliphatic heterocycles. The molecule has 6 nitrogen and oxygen atoms in total. The minimum Gasteiger partial charge on any atom is -0.356 e. The third-order valence-electron chi connectivity index (χ3n) is 4.85. The fourth-order valence-electron chi connectivity index (χ4n) is 3.36. The second-order valence-corrected chi connectivity index (χ2v) is 7.57. The van der Waals surface area contributed by atoms with Crippen LogP contribution in [0.15, 0.2) is 47.7 Å². The molecule has 154 valence electrons. The molecular formula is C22H36N6. The van der Waals surface area contributed by atoms with E-state index in [0.717, 1.165) is 44.1 Å². The van der Waals surface area contributed by atoms with Crippen molar-refractivity contribution >= 4 is 5.96 Å². The molecule has 0 bridgehead atoms. The second-order valence-electron chi connectivity index (χ2n) is 7.57. The number of rotatable bonds is 10. The van der Waals surface area contributed by atoms with Crippen LogP contribution in [0.3, 0.4) is 0 Å². The Balaban J connectivity index is 1.68. The number of nitrogens with one attached hydrogen (secondary N) is 2. The van der Waals surface area contributed by atoms with E-state index in [1.165, 1.54) is 5.56 Å². The Labute approximate surface area is 170 Å². The van der Waals surface area contributed by atoms with Crippen LogP contribution in [0.5, 0.6) is 0 Å². The van der Waals surface area contributed by atoms with Crippen molar-refractivity contribution in [2.24, 2.45) is 4.99 Å². The van der Waals surface area contributed by atoms with Crippen molar-refractivity contribution in [3.8, 4) is 5.69 Å². The number of aromatic nitrogens is 2. The van der Waals surface area contributed by atoms with Crippen LogP contribution in [0.25, 0.3) is 5.69 Å². The molecule has 0 fully saturated rings. The maximum atomic E-state index is 4.32. The standard InChI is InChI=1S/C22H36N6/c1-18(2)27(19(3)4)16-6-13-24-22(23-5)25-15-12-20-8-10-21(11-9-20)28-17-7-14-26-28/h7-11,14,17-19H,6,12-13,15-16H2,1-5H3,(H2,23,24,25). The number of hydrogen-bond donors (Lipinski definition) is 2. The maximum absolute atomic E-state index is 4.32. The molecule has 0 amide bonds. The van der Waals surface area contributed by atoms with Gasteiger partial charge in [-0.25, -0.2) is 4.68 Å². The topological polar surface area (TPSA) is 57.5 Å². The summed E-state index contributed by atoms with van der Waals surface area (Å²) in [6, 6.07) is 11.6. The highest BCUT2D eigenvalue weighted by molar-refractivity contribution is 5.79. The van der Waals surface area contributed by atoms with Gasteiger partial charge in [-0.1, -0.05) is 12.1 Å². The summed E-state index contributed by atoms with van der Waals surface area (Å²) >= 11 is 0. The highest BCUT2D eigenvalue weighted by Gasteiger charge is 2.12. The van der Waals surface area contributed by atoms with E-state index >= 15 is 0 Å². The van der Waals surface area contributed by atoms with Crippen LogP contribution < -0.4 is 10.6 Å². The van der Waals surface area contributed by atoms with Gasteiger partial charge < -0.3 is 10.6 Å². The van der Waals surface area contributed by atoms with E-state index in [4.69, 9.17) is 0 Å². The summed E-state index contributed by atoms with van der Waals surface area (Å²) in [6.45, 7) is 11.9. The van der Waals surface area contributed by atoms with Crippen LogP contribution in [0, 0.1) is 0 Å². The van der Waals surface area contributed by atoms with Gasteiger partial charge in [-0.15, -0.1) is 0 Å². The molecule has 0 radical (unpaired) electrons.